The van der Waals surface area contributed by atoms with Crippen molar-refractivity contribution in [1.29, 1.82) is 5.26 Å². The summed E-state index contributed by atoms with van der Waals surface area (Å²) < 4.78 is 46.1. The molecular weight excluding hydrogens is 393 g/mol. The monoisotopic (exact) mass is 408 g/mol. The third kappa shape index (κ3) is 2.49. The highest BCUT2D eigenvalue weighted by molar-refractivity contribution is 6.30. The van der Waals surface area contributed by atoms with E-state index in [1.54, 1.807) is 6.92 Å². The minimum Gasteiger partial charge on any atom is -0.422 e. The average molecular weight is 409 g/mol. The molecule has 0 amide bonds. The van der Waals surface area contributed by atoms with Crippen LogP contribution < -0.4 is 10.5 Å². The van der Waals surface area contributed by atoms with E-state index < -0.39 is 17.2 Å². The number of nitriles is 1. The molecule has 5 nitrogen and oxygen atoms in total. The summed E-state index contributed by atoms with van der Waals surface area (Å²) in [6, 6.07) is 5.49. The second-order valence-corrected chi connectivity index (χ2v) is 7.56. The molecule has 146 valence electrons. The van der Waals surface area contributed by atoms with Crippen LogP contribution in [-0.2, 0) is 11.6 Å². The third-order valence-corrected chi connectivity index (χ3v) is 5.89. The number of aryl methyl sites for hydroxylation is 1. The molecule has 2 aliphatic rings. The number of allylic oxidation sites excluding steroid dienone is 1. The van der Waals surface area contributed by atoms with Crippen LogP contribution in [0.1, 0.15) is 41.6 Å². The molecule has 3 N–H and O–H groups in total. The van der Waals surface area contributed by atoms with Gasteiger partial charge in [-0.1, -0.05) is 18.0 Å². The zero-order valence-corrected chi connectivity index (χ0v) is 15.6. The Morgan fingerprint density at radius 1 is 1.36 bits per heavy atom. The lowest BCUT2D eigenvalue weighted by atomic mass is 9.55. The van der Waals surface area contributed by atoms with Gasteiger partial charge in [0.15, 0.2) is 0 Å². The number of rotatable bonds is 2. The van der Waals surface area contributed by atoms with Gasteiger partial charge in [-0.15, -0.1) is 0 Å². The number of hydrogen-bond acceptors (Lipinski definition) is 4. The maximum atomic E-state index is 13.5. The minimum absolute atomic E-state index is 0.0615. The van der Waals surface area contributed by atoms with E-state index in [4.69, 9.17) is 22.1 Å². The Balaban J connectivity index is 2.11. The van der Waals surface area contributed by atoms with E-state index in [0.29, 0.717) is 11.3 Å². The Hall–Kier alpha value is -2.66. The van der Waals surface area contributed by atoms with Crippen LogP contribution in [0.2, 0.25) is 5.02 Å². The zero-order chi connectivity index (χ0) is 20.3. The number of halogens is 4. The number of alkyl halides is 3. The number of hydrogen-bond donors (Lipinski definition) is 2. The molecule has 1 aromatic heterocycles. The smallest absolute Gasteiger partial charge is 0.416 e. The van der Waals surface area contributed by atoms with Crippen LogP contribution in [0.4, 0.5) is 13.2 Å². The molecular formula is C19H16ClF3N4O. The van der Waals surface area contributed by atoms with Crippen molar-refractivity contribution in [3.05, 3.63) is 57.1 Å². The first-order valence-corrected chi connectivity index (χ1v) is 9.09. The molecule has 1 aliphatic heterocycles. The van der Waals surface area contributed by atoms with Crippen molar-refractivity contribution in [3.63, 3.8) is 0 Å². The van der Waals surface area contributed by atoms with Gasteiger partial charge < -0.3 is 10.5 Å². The van der Waals surface area contributed by atoms with Crippen molar-refractivity contribution in [2.45, 2.75) is 37.8 Å². The summed E-state index contributed by atoms with van der Waals surface area (Å²) in [6.45, 7) is 1.72. The Morgan fingerprint density at radius 3 is 2.64 bits per heavy atom. The molecule has 0 bridgehead atoms. The second-order valence-electron chi connectivity index (χ2n) is 7.13. The molecule has 1 unspecified atom stereocenters. The number of ether oxygens (including phenoxy) is 1. The predicted octanol–water partition coefficient (Wildman–Crippen LogP) is 4.56. The number of aromatic nitrogens is 2. The fourth-order valence-electron chi connectivity index (χ4n) is 4.33. The lowest BCUT2D eigenvalue weighted by molar-refractivity contribution is -0.137. The maximum Gasteiger partial charge on any atom is 0.416 e. The van der Waals surface area contributed by atoms with Gasteiger partial charge in [0.25, 0.3) is 0 Å². The van der Waals surface area contributed by atoms with Gasteiger partial charge in [-0.25, -0.2) is 5.10 Å². The molecule has 1 aliphatic carbocycles. The summed E-state index contributed by atoms with van der Waals surface area (Å²) in [5.74, 6) is -0.0206. The van der Waals surface area contributed by atoms with Crippen LogP contribution in [-0.4, -0.2) is 10.2 Å². The highest BCUT2D eigenvalue weighted by atomic mass is 35.5. The van der Waals surface area contributed by atoms with Crippen LogP contribution in [0.3, 0.4) is 0 Å². The minimum atomic E-state index is -4.58. The fraction of sp³-hybridized carbons (Fsp3) is 0.368. The molecule has 28 heavy (non-hydrogen) atoms. The van der Waals surface area contributed by atoms with Crippen LogP contribution in [0.5, 0.6) is 5.88 Å². The molecule has 4 rings (SSSR count). The third-order valence-electron chi connectivity index (χ3n) is 5.67. The lowest BCUT2D eigenvalue weighted by Gasteiger charge is -2.47. The standard InChI is InChI=1S/C19H16ClF3N4O/c1-9-15-17(27-26-9)28-16(25)14(8-24)18(15,10-3-2-4-10)11-5-12(19(21,22)23)7-13(20)6-11/h5-7,10H,2-4,25H2,1H3,(H,26,27). The van der Waals surface area contributed by atoms with Crippen molar-refractivity contribution in [3.8, 4) is 11.9 Å². The highest BCUT2D eigenvalue weighted by Gasteiger charge is 2.55. The lowest BCUT2D eigenvalue weighted by Crippen LogP contribution is -2.46. The zero-order valence-electron chi connectivity index (χ0n) is 14.8. The maximum absolute atomic E-state index is 13.5. The van der Waals surface area contributed by atoms with Gasteiger partial charge >= 0.3 is 6.18 Å². The van der Waals surface area contributed by atoms with E-state index in [0.717, 1.165) is 31.4 Å². The highest BCUT2D eigenvalue weighted by Crippen LogP contribution is 2.58. The Morgan fingerprint density at radius 2 is 2.07 bits per heavy atom. The molecule has 0 radical (unpaired) electrons. The Labute approximate surface area is 163 Å². The number of nitrogens with one attached hydrogen (secondary N) is 1. The number of nitrogens with zero attached hydrogens (tertiary/aromatic N) is 2. The number of aromatic amines is 1. The van der Waals surface area contributed by atoms with Crippen molar-refractivity contribution in [1.82, 2.24) is 10.2 Å². The van der Waals surface area contributed by atoms with Crippen molar-refractivity contribution in [2.24, 2.45) is 11.7 Å². The van der Waals surface area contributed by atoms with Gasteiger partial charge in [-0.2, -0.15) is 23.5 Å². The molecule has 2 aromatic rings. The van der Waals surface area contributed by atoms with Crippen LogP contribution in [0.15, 0.2) is 29.7 Å². The first-order valence-electron chi connectivity index (χ1n) is 8.71. The van der Waals surface area contributed by atoms with Crippen molar-refractivity contribution in [2.75, 3.05) is 0 Å². The normalized spacial score (nSPS) is 22.3. The molecule has 1 fully saturated rings. The van der Waals surface area contributed by atoms with E-state index in [2.05, 4.69) is 16.3 Å². The molecule has 9 heteroatoms. The van der Waals surface area contributed by atoms with Gasteiger partial charge in [0.1, 0.15) is 11.6 Å². The van der Waals surface area contributed by atoms with Crippen LogP contribution >= 0.6 is 11.6 Å². The fourth-order valence-corrected chi connectivity index (χ4v) is 4.56. The Kier molecular flexibility index (Phi) is 4.12. The van der Waals surface area contributed by atoms with E-state index in [1.165, 1.54) is 6.07 Å². The van der Waals surface area contributed by atoms with Gasteiger partial charge in [0, 0.05) is 5.02 Å². The summed E-state index contributed by atoms with van der Waals surface area (Å²) in [5.41, 5.74) is 5.39. The van der Waals surface area contributed by atoms with Gasteiger partial charge in [-0.05, 0) is 49.4 Å². The molecule has 1 atom stereocenters. The van der Waals surface area contributed by atoms with Gasteiger partial charge in [-0.3, -0.25) is 0 Å². The summed E-state index contributed by atoms with van der Waals surface area (Å²) in [4.78, 5) is 0. The number of nitrogens with two attached hydrogens (primary N) is 1. The first-order chi connectivity index (χ1) is 13.2. The Bertz CT molecular complexity index is 1030. The van der Waals surface area contributed by atoms with Crippen LogP contribution in [0.25, 0.3) is 0 Å². The van der Waals surface area contributed by atoms with E-state index in [-0.39, 0.29) is 33.8 Å². The largest absolute Gasteiger partial charge is 0.422 e. The molecule has 0 spiro atoms. The van der Waals surface area contributed by atoms with Crippen molar-refractivity contribution < 1.29 is 17.9 Å². The molecule has 2 heterocycles. The predicted molar refractivity (Wildman–Crippen MR) is 95.4 cm³/mol. The van der Waals surface area contributed by atoms with E-state index in [1.807, 2.05) is 0 Å². The summed E-state index contributed by atoms with van der Waals surface area (Å²) in [6.07, 6.45) is -2.21. The topological polar surface area (TPSA) is 87.7 Å². The van der Waals surface area contributed by atoms with E-state index in [9.17, 15) is 18.4 Å². The second kappa shape index (κ2) is 6.17. The van der Waals surface area contributed by atoms with Crippen molar-refractivity contribution >= 4 is 11.6 Å². The summed E-state index contributed by atoms with van der Waals surface area (Å²) >= 11 is 6.09. The molecule has 1 aromatic carbocycles. The number of fused-ring (bicyclic) bond motifs is 1. The van der Waals surface area contributed by atoms with E-state index >= 15 is 0 Å². The van der Waals surface area contributed by atoms with Gasteiger partial charge in [0.2, 0.25) is 11.8 Å². The number of benzene rings is 1. The average Bonchev–Trinajstić information content (AvgIpc) is 2.92. The SMILES string of the molecule is Cc1n[nH]c2c1C(c1cc(Cl)cc(C(F)(F)F)c1)(C1CCC1)C(C#N)=C(N)O2. The molecule has 1 saturated carbocycles. The summed E-state index contributed by atoms with van der Waals surface area (Å²) in [7, 11) is 0. The summed E-state index contributed by atoms with van der Waals surface area (Å²) in [5, 5.41) is 16.8. The molecule has 0 saturated heterocycles. The van der Waals surface area contributed by atoms with Crippen LogP contribution in [0, 0.1) is 24.2 Å². The van der Waals surface area contributed by atoms with Gasteiger partial charge in [0.05, 0.1) is 22.2 Å². The quantitative estimate of drug-likeness (QED) is 0.762. The first kappa shape index (κ1) is 18.7. The number of H-pyrrole nitrogens is 1.